The van der Waals surface area contributed by atoms with Gasteiger partial charge in [-0.05, 0) is 18.2 Å². The maximum absolute atomic E-state index is 14.1. The summed E-state index contributed by atoms with van der Waals surface area (Å²) in [6.45, 7) is -6.10. The van der Waals surface area contributed by atoms with E-state index in [4.69, 9.17) is 82.8 Å². The normalized spacial score (nSPS) is 32.4. The van der Waals surface area contributed by atoms with E-state index in [2.05, 4.69) is 29.9 Å². The Bertz CT molecular complexity index is 4480. The number of H-pyrrole nitrogens is 1. The Balaban J connectivity index is 0.00000440. The number of fused-ring (bicyclic) bond motifs is 1. The van der Waals surface area contributed by atoms with Crippen LogP contribution < -0.4 is 51.3 Å². The quantitative estimate of drug-likeness (QED) is 0.0224. The summed E-state index contributed by atoms with van der Waals surface area (Å²) in [6.07, 6.45) is -34.0. The first-order valence-electron chi connectivity index (χ1n) is 28.5. The molecule has 1 radical (unpaired) electrons. The molecule has 0 amide bonds. The van der Waals surface area contributed by atoms with E-state index in [0.717, 1.165) is 61.7 Å². The van der Waals surface area contributed by atoms with Crippen molar-refractivity contribution in [1.29, 1.82) is 0 Å². The van der Waals surface area contributed by atoms with E-state index in [1.165, 1.54) is 4.57 Å². The van der Waals surface area contributed by atoms with Crippen molar-refractivity contribution in [2.75, 3.05) is 56.0 Å². The van der Waals surface area contributed by atoms with Crippen LogP contribution in [0.2, 0.25) is 0 Å². The molecule has 0 aliphatic carbocycles. The number of phosphoric acid groups is 4. The minimum Gasteiger partial charge on any atom is -0.412 e. The van der Waals surface area contributed by atoms with Crippen LogP contribution in [0.5, 0.6) is 0 Å². The van der Waals surface area contributed by atoms with Gasteiger partial charge in [0.1, 0.15) is 121 Å². The number of aromatic amines is 1. The molecule has 563 valence electrons. The Morgan fingerprint density at radius 2 is 0.784 bits per heavy atom. The summed E-state index contributed by atoms with van der Waals surface area (Å²) in [4.78, 5) is 132. The van der Waals surface area contributed by atoms with Gasteiger partial charge in [0.2, 0.25) is 0 Å². The average molecular weight is 1580 g/mol. The van der Waals surface area contributed by atoms with Crippen LogP contribution >= 0.6 is 31.3 Å². The maximum Gasteiger partial charge on any atom is 0.472 e. The average Bonchev–Trinajstić information content (AvgIpc) is 1.63. The number of nitrogens with one attached hydrogen (secondary N) is 1. The zero-order valence-electron chi connectivity index (χ0n) is 51.2. The third-order valence-corrected chi connectivity index (χ3v) is 19.5. The summed E-state index contributed by atoms with van der Waals surface area (Å²) in [5.41, 5.74) is 17.3. The van der Waals surface area contributed by atoms with Gasteiger partial charge in [-0.2, -0.15) is 15.0 Å². The molecule has 6 aromatic heterocycles. The molecule has 5 fully saturated rings. The van der Waals surface area contributed by atoms with E-state index in [-0.39, 0.29) is 63.9 Å². The second-order valence-electron chi connectivity index (χ2n) is 22.0. The summed E-state index contributed by atoms with van der Waals surface area (Å²) < 4.78 is 129. The fraction of sp³-hybridized carbons (Fsp3) is 0.543. The van der Waals surface area contributed by atoms with Crippen molar-refractivity contribution >= 4 is 65.7 Å². The second kappa shape index (κ2) is 32.1. The summed E-state index contributed by atoms with van der Waals surface area (Å²) in [5, 5.41) is 77.8. The number of anilines is 4. The van der Waals surface area contributed by atoms with Crippen LogP contribution in [0.15, 0.2) is 85.7 Å². The number of aromatic nitrogens is 12. The van der Waals surface area contributed by atoms with Crippen LogP contribution in [0.4, 0.5) is 23.3 Å². The molecule has 11 rings (SSSR count). The number of imidazole rings is 1. The molecule has 51 nitrogen and oxygen atoms in total. The van der Waals surface area contributed by atoms with Gasteiger partial charge >= 0.3 is 54.0 Å². The third kappa shape index (κ3) is 17.4. The predicted octanol–water partition coefficient (Wildman–Crippen LogP) is -9.52. The Kier molecular flexibility index (Phi) is 25.6. The number of phosphoric ester groups is 4. The van der Waals surface area contributed by atoms with Gasteiger partial charge in [0.25, 0.3) is 5.56 Å². The Labute approximate surface area is 577 Å². The molecule has 0 bridgehead atoms. The molecule has 11 heterocycles. The van der Waals surface area contributed by atoms with Gasteiger partial charge in [-0.3, -0.25) is 68.8 Å². The largest absolute Gasteiger partial charge is 0.472 e. The van der Waals surface area contributed by atoms with Crippen molar-refractivity contribution in [2.45, 2.75) is 123 Å². The number of hydrogen-bond donors (Lipinski definition) is 16. The first-order valence-corrected chi connectivity index (χ1v) is 34.5. The predicted molar refractivity (Wildman–Crippen MR) is 322 cm³/mol. The molecule has 5 aliphatic rings. The topological polar surface area (TPSA) is 781 Å². The van der Waals surface area contributed by atoms with E-state index in [1.54, 1.807) is 0 Å². The second-order valence-corrected chi connectivity index (χ2v) is 27.6. The van der Waals surface area contributed by atoms with E-state index in [1.807, 2.05) is 4.98 Å². The SMILES string of the molecule is Nc1ccn(C2OC(COP(=O)(O)OC3C(COP(=O)(O)OC4C(COP(=O)(O)OC5C(CO)OC(n6ccc(=O)[nH]c6=O)C5O)OC(n5ccc(N)nc5=O)C4O)OC(n4ccc(N)nc4=O)C3O)C(OP(=O)(O)OCC3OC(n4cnc5c(N)ncnc54)C(O)C3O)C2O)c(=O)n1.O.O.[V]. The van der Waals surface area contributed by atoms with Gasteiger partial charge in [-0.1, -0.05) is 0 Å². The van der Waals surface area contributed by atoms with Crippen molar-refractivity contribution in [3.8, 4) is 0 Å². The molecule has 6 aromatic rings. The van der Waals surface area contributed by atoms with Crippen molar-refractivity contribution in [3.63, 3.8) is 0 Å². The van der Waals surface area contributed by atoms with Gasteiger partial charge in [0, 0.05) is 49.4 Å². The van der Waals surface area contributed by atoms with Crippen LogP contribution in [0.3, 0.4) is 0 Å². The summed E-state index contributed by atoms with van der Waals surface area (Å²) in [6, 6.07) is 4.03. The van der Waals surface area contributed by atoms with Crippen molar-refractivity contribution in [2.24, 2.45) is 0 Å². The first-order chi connectivity index (χ1) is 46.6. The molecule has 56 heteroatoms. The molecule has 0 saturated carbocycles. The molecule has 5 aliphatic heterocycles. The van der Waals surface area contributed by atoms with E-state index in [9.17, 15) is 97.6 Å². The number of aliphatic hydroxyl groups is 7. The van der Waals surface area contributed by atoms with Gasteiger partial charge in [-0.15, -0.1) is 0 Å². The number of ether oxygens (including phenoxy) is 5. The van der Waals surface area contributed by atoms with Crippen LogP contribution in [0.1, 0.15) is 31.1 Å². The van der Waals surface area contributed by atoms with Crippen LogP contribution in [0.25, 0.3) is 11.2 Å². The number of hydrogen-bond acceptors (Lipinski definition) is 39. The molecule has 0 aromatic carbocycles. The zero-order chi connectivity index (χ0) is 71.5. The molecule has 24 N–H and O–H groups in total. The van der Waals surface area contributed by atoms with Crippen LogP contribution in [0, 0.1) is 0 Å². The minimum absolute atomic E-state index is 0. The number of nitrogens with two attached hydrogens (primary N) is 4. The molecule has 24 unspecified atom stereocenters. The first kappa shape index (κ1) is 81.2. The number of rotatable bonds is 26. The molecule has 5 saturated heterocycles. The Hall–Kier alpha value is -6.47. The van der Waals surface area contributed by atoms with Crippen molar-refractivity contribution in [3.05, 3.63) is 114 Å². The van der Waals surface area contributed by atoms with Gasteiger partial charge < -0.3 is 113 Å². The van der Waals surface area contributed by atoms with Gasteiger partial charge in [0.05, 0.1) is 39.4 Å². The van der Waals surface area contributed by atoms with E-state index in [0.29, 0.717) is 18.3 Å². The standard InChI is InChI=1S/C46H60N16O33P4.2H2O.V/c47-21-1-5-58(43(71)54-21)40-29(68)33(93-96(75,76)83-10-17-26(65)27(66)38(88-17)62-15-53-25-36(50)51-14-52-37(25)62)19(90-40)12-85-98(79,80)95-35-20(91-42(31(35)70)60-7-3-23(49)56-45(60)73)13-86-99(81,82)94-34-18(89-41(30(34)69)59-6-2-22(48)55-44(59)72)11-84-97(77,78)92-32-16(9-63)87-39(28(32)67)61-8-4-24(64)57-46(61)74;;;/h1-8,14-20,26-35,38-42,63,65-70H,9-13H2,(H,75,76)(H,77,78)(H,79,80)(H,81,82)(H2,47,54,71)(H2,48,55,72)(H2,49,56,73)(H2,50,51,52)(H,57,64,74);2*1H2;. The number of nitrogen functional groups attached to an aromatic ring is 4. The smallest absolute Gasteiger partial charge is 0.412 e. The third-order valence-electron chi connectivity index (χ3n) is 15.5. The molecule has 102 heavy (non-hydrogen) atoms. The van der Waals surface area contributed by atoms with Gasteiger partial charge in [0.15, 0.2) is 42.6 Å². The van der Waals surface area contributed by atoms with Gasteiger partial charge in [-0.25, -0.2) is 52.4 Å². The molecule has 0 spiro atoms. The zero-order valence-corrected chi connectivity index (χ0v) is 56.2. The summed E-state index contributed by atoms with van der Waals surface area (Å²) >= 11 is 0. The maximum atomic E-state index is 14.1. The number of nitrogens with zero attached hydrogens (tertiary/aromatic N) is 11. The molecule has 24 atom stereocenters. The number of aliphatic hydroxyl groups excluding tert-OH is 7. The Morgan fingerprint density at radius 1 is 0.451 bits per heavy atom. The fourth-order valence-electron chi connectivity index (χ4n) is 10.9. The Morgan fingerprint density at radius 3 is 1.16 bits per heavy atom. The summed E-state index contributed by atoms with van der Waals surface area (Å²) in [7, 11) is -22.9. The molecular weight excluding hydrogens is 1510 g/mol. The monoisotopic (exact) mass is 1580 g/mol. The van der Waals surface area contributed by atoms with Crippen LogP contribution in [-0.4, -0.2) is 249 Å². The van der Waals surface area contributed by atoms with Crippen molar-refractivity contribution < 1.29 is 163 Å². The molecular formula is C46H64N16O35P4V. The minimum atomic E-state index is -5.87. The van der Waals surface area contributed by atoms with E-state index < -0.39 is 215 Å². The van der Waals surface area contributed by atoms with E-state index >= 15 is 0 Å². The fourth-order valence-corrected chi connectivity index (χ4v) is 14.8. The summed E-state index contributed by atoms with van der Waals surface area (Å²) in [5.74, 6) is -1.04. The van der Waals surface area contributed by atoms with Crippen molar-refractivity contribution in [1.82, 2.24) is 57.7 Å². The van der Waals surface area contributed by atoms with Crippen LogP contribution in [-0.2, 0) is 96.7 Å².